The van der Waals surface area contributed by atoms with E-state index in [2.05, 4.69) is 5.10 Å². The molecular weight excluding hydrogens is 310 g/mol. The van der Waals surface area contributed by atoms with Crippen LogP contribution in [0.1, 0.15) is 32.2 Å². The first kappa shape index (κ1) is 16.9. The summed E-state index contributed by atoms with van der Waals surface area (Å²) >= 11 is 5.85. The summed E-state index contributed by atoms with van der Waals surface area (Å²) in [4.78, 5) is 0. The highest BCUT2D eigenvalue weighted by molar-refractivity contribution is 6.30. The fourth-order valence-electron chi connectivity index (χ4n) is 1.83. The molecule has 1 aromatic heterocycles. The Hall–Kier alpha value is -1.46. The van der Waals surface area contributed by atoms with Gasteiger partial charge in [0.25, 0.3) is 0 Å². The molecule has 6 heteroatoms. The van der Waals surface area contributed by atoms with E-state index >= 15 is 0 Å². The van der Waals surface area contributed by atoms with Crippen LogP contribution in [0.3, 0.4) is 0 Å². The number of halogens is 3. The summed E-state index contributed by atoms with van der Waals surface area (Å²) in [6.07, 6.45) is -3.22. The van der Waals surface area contributed by atoms with Crippen molar-refractivity contribution in [2.24, 2.45) is 5.41 Å². The topological polar surface area (TPSA) is 27.1 Å². The molecule has 0 aliphatic rings. The largest absolute Gasteiger partial charge is 0.360 e. The fourth-order valence-corrected chi connectivity index (χ4v) is 1.96. The average Bonchev–Trinajstić information content (AvgIpc) is 2.77. The van der Waals surface area contributed by atoms with Gasteiger partial charge in [-0.2, -0.15) is 13.9 Å². The van der Waals surface area contributed by atoms with Crippen molar-refractivity contribution in [3.05, 3.63) is 46.7 Å². The van der Waals surface area contributed by atoms with E-state index in [1.54, 1.807) is 22.9 Å². The van der Waals surface area contributed by atoms with E-state index in [1.165, 1.54) is 20.8 Å². The fraction of sp³-hybridized carbons (Fsp3) is 0.438. The molecule has 0 spiro atoms. The summed E-state index contributed by atoms with van der Waals surface area (Å²) in [5.74, 6) is 0. The molecule has 1 heterocycles. The first-order valence-corrected chi connectivity index (χ1v) is 7.31. The zero-order chi connectivity index (χ0) is 16.5. The molecule has 2 rings (SSSR count). The predicted molar refractivity (Wildman–Crippen MR) is 82.5 cm³/mol. The second-order valence-electron chi connectivity index (χ2n) is 6.22. The number of rotatable bonds is 4. The van der Waals surface area contributed by atoms with E-state index in [0.717, 1.165) is 11.4 Å². The van der Waals surface area contributed by atoms with Crippen LogP contribution in [0, 0.1) is 12.3 Å². The molecule has 0 aliphatic heterocycles. The number of alkyl halides is 2. The number of ether oxygens (including phenoxy) is 1. The summed E-state index contributed by atoms with van der Waals surface area (Å²) in [6, 6.07) is 8.87. The van der Waals surface area contributed by atoms with Crippen molar-refractivity contribution < 1.29 is 13.5 Å². The van der Waals surface area contributed by atoms with Crippen LogP contribution in [-0.2, 0) is 11.3 Å². The van der Waals surface area contributed by atoms with Crippen LogP contribution < -0.4 is 0 Å². The van der Waals surface area contributed by atoms with Gasteiger partial charge in [-0.15, -0.1) is 0 Å². The number of hydrogen-bond donors (Lipinski definition) is 0. The number of nitrogens with zero attached hydrogens (tertiary/aromatic N) is 2. The van der Waals surface area contributed by atoms with Crippen LogP contribution in [0.5, 0.6) is 0 Å². The van der Waals surface area contributed by atoms with Gasteiger partial charge in [0.1, 0.15) is 0 Å². The third kappa shape index (κ3) is 3.65. The maximum absolute atomic E-state index is 13.8. The maximum atomic E-state index is 13.8. The van der Waals surface area contributed by atoms with Crippen molar-refractivity contribution in [2.45, 2.75) is 40.4 Å². The zero-order valence-corrected chi connectivity index (χ0v) is 13.8. The van der Waals surface area contributed by atoms with Crippen LogP contribution in [0.2, 0.25) is 5.02 Å². The van der Waals surface area contributed by atoms with Crippen LogP contribution in [-0.4, -0.2) is 15.9 Å². The van der Waals surface area contributed by atoms with E-state index in [0.29, 0.717) is 10.7 Å². The molecule has 0 unspecified atom stereocenters. The van der Waals surface area contributed by atoms with Gasteiger partial charge in [0, 0.05) is 10.7 Å². The molecule has 0 bridgehead atoms. The van der Waals surface area contributed by atoms with Crippen molar-refractivity contribution in [1.82, 2.24) is 9.78 Å². The Morgan fingerprint density at radius 2 is 1.77 bits per heavy atom. The summed E-state index contributed by atoms with van der Waals surface area (Å²) in [7, 11) is 0. The third-order valence-electron chi connectivity index (χ3n) is 3.28. The smallest absolute Gasteiger partial charge is 0.314 e. The van der Waals surface area contributed by atoms with Gasteiger partial charge in [0.05, 0.1) is 23.4 Å². The molecule has 0 saturated carbocycles. The summed E-state index contributed by atoms with van der Waals surface area (Å²) in [5, 5.41) is 4.94. The minimum atomic E-state index is -3.22. The van der Waals surface area contributed by atoms with E-state index in [9.17, 15) is 8.78 Å². The van der Waals surface area contributed by atoms with Gasteiger partial charge in [0.15, 0.2) is 0 Å². The molecule has 0 saturated heterocycles. The van der Waals surface area contributed by atoms with E-state index in [1.807, 2.05) is 19.1 Å². The lowest BCUT2D eigenvalue weighted by molar-refractivity contribution is -0.301. The van der Waals surface area contributed by atoms with Crippen molar-refractivity contribution >= 4 is 11.6 Å². The quantitative estimate of drug-likeness (QED) is 0.790. The van der Waals surface area contributed by atoms with E-state index in [4.69, 9.17) is 16.3 Å². The van der Waals surface area contributed by atoms with E-state index in [-0.39, 0.29) is 6.61 Å². The Labute approximate surface area is 133 Å². The van der Waals surface area contributed by atoms with Gasteiger partial charge >= 0.3 is 6.11 Å². The Morgan fingerprint density at radius 1 is 1.18 bits per heavy atom. The van der Waals surface area contributed by atoms with Crippen LogP contribution >= 0.6 is 11.6 Å². The van der Waals surface area contributed by atoms with Crippen molar-refractivity contribution in [2.75, 3.05) is 0 Å². The second kappa shape index (κ2) is 5.97. The van der Waals surface area contributed by atoms with Crippen molar-refractivity contribution in [1.29, 1.82) is 0 Å². The minimum absolute atomic E-state index is 0.244. The van der Waals surface area contributed by atoms with Crippen molar-refractivity contribution in [3.63, 3.8) is 0 Å². The SMILES string of the molecule is Cc1cc(COC(F)(F)C(C)(C)C)nn1-c1ccc(Cl)cc1. The Morgan fingerprint density at radius 3 is 2.32 bits per heavy atom. The van der Waals surface area contributed by atoms with Gasteiger partial charge in [-0.25, -0.2) is 4.68 Å². The second-order valence-corrected chi connectivity index (χ2v) is 6.66. The van der Waals surface area contributed by atoms with Gasteiger partial charge in [-0.3, -0.25) is 0 Å². The first-order chi connectivity index (χ1) is 10.1. The molecule has 3 nitrogen and oxygen atoms in total. The molecule has 120 valence electrons. The number of aromatic nitrogens is 2. The Kier molecular flexibility index (Phi) is 4.59. The van der Waals surface area contributed by atoms with Crippen LogP contribution in [0.15, 0.2) is 30.3 Å². The molecule has 0 radical (unpaired) electrons. The Bertz CT molecular complexity index is 645. The third-order valence-corrected chi connectivity index (χ3v) is 3.54. The zero-order valence-electron chi connectivity index (χ0n) is 13.0. The highest BCUT2D eigenvalue weighted by Gasteiger charge is 2.44. The first-order valence-electron chi connectivity index (χ1n) is 6.93. The Balaban J connectivity index is 2.15. The van der Waals surface area contributed by atoms with Gasteiger partial charge in [0.2, 0.25) is 0 Å². The molecule has 0 atom stereocenters. The molecule has 0 amide bonds. The molecule has 2 aromatic rings. The lowest BCUT2D eigenvalue weighted by Gasteiger charge is -2.29. The normalized spacial score (nSPS) is 12.7. The molecule has 22 heavy (non-hydrogen) atoms. The highest BCUT2D eigenvalue weighted by atomic mass is 35.5. The van der Waals surface area contributed by atoms with Crippen LogP contribution in [0.25, 0.3) is 5.69 Å². The van der Waals surface area contributed by atoms with E-state index < -0.39 is 11.5 Å². The van der Waals surface area contributed by atoms with Crippen molar-refractivity contribution in [3.8, 4) is 5.69 Å². The summed E-state index contributed by atoms with van der Waals surface area (Å²) < 4.78 is 34.1. The monoisotopic (exact) mass is 328 g/mol. The standard InChI is InChI=1S/C16H19ClF2N2O/c1-11-9-13(10-22-16(18,19)15(2,3)4)20-21(11)14-7-5-12(17)6-8-14/h5-9H,10H2,1-4H3. The predicted octanol–water partition coefficient (Wildman–Crippen LogP) is 4.99. The van der Waals surface area contributed by atoms with Gasteiger partial charge in [-0.05, 0) is 37.3 Å². The average molecular weight is 329 g/mol. The molecule has 1 aromatic carbocycles. The summed E-state index contributed by atoms with van der Waals surface area (Å²) in [5.41, 5.74) is 0.841. The number of hydrogen-bond acceptors (Lipinski definition) is 2. The molecule has 0 N–H and O–H groups in total. The van der Waals surface area contributed by atoms with Gasteiger partial charge in [-0.1, -0.05) is 32.4 Å². The number of benzene rings is 1. The van der Waals surface area contributed by atoms with Gasteiger partial charge < -0.3 is 4.74 Å². The molecule has 0 fully saturated rings. The summed E-state index contributed by atoms with van der Waals surface area (Å²) in [6.45, 7) is 5.92. The maximum Gasteiger partial charge on any atom is 0.360 e. The number of aryl methyl sites for hydroxylation is 1. The minimum Gasteiger partial charge on any atom is -0.314 e. The molecule has 0 aliphatic carbocycles. The lowest BCUT2D eigenvalue weighted by Crippen LogP contribution is -2.36. The lowest BCUT2D eigenvalue weighted by atomic mass is 9.95. The van der Waals surface area contributed by atoms with Crippen LogP contribution in [0.4, 0.5) is 8.78 Å². The molecular formula is C16H19ClF2N2O. The highest BCUT2D eigenvalue weighted by Crippen LogP contribution is 2.37.